The number of carbonyl (C=O) groups excluding carboxylic acids is 1. The minimum absolute atomic E-state index is 0.00506. The Hall–Kier alpha value is -2.18. The summed E-state index contributed by atoms with van der Waals surface area (Å²) in [6, 6.07) is 8.31. The van der Waals surface area contributed by atoms with E-state index in [9.17, 15) is 9.90 Å². The Balaban J connectivity index is 1.69. The smallest absolute Gasteiger partial charge is 0.251 e. The van der Waals surface area contributed by atoms with E-state index in [1.54, 1.807) is 42.7 Å². The quantitative estimate of drug-likeness (QED) is 0.884. The predicted octanol–water partition coefficient (Wildman–Crippen LogP) is 1.36. The molecular formula is C16H17ClN4O2. The van der Waals surface area contributed by atoms with Crippen LogP contribution in [0.3, 0.4) is 0 Å². The fourth-order valence-electron chi connectivity index (χ4n) is 2.69. The van der Waals surface area contributed by atoms with Crippen LogP contribution in [-0.2, 0) is 0 Å². The zero-order chi connectivity index (χ0) is 16.2. The first-order valence-electron chi connectivity index (χ1n) is 7.36. The summed E-state index contributed by atoms with van der Waals surface area (Å²) >= 11 is 5.83. The Kier molecular flexibility index (Phi) is 4.73. The Morgan fingerprint density at radius 3 is 2.61 bits per heavy atom. The molecule has 23 heavy (non-hydrogen) atoms. The van der Waals surface area contributed by atoms with E-state index in [0.29, 0.717) is 29.6 Å². The van der Waals surface area contributed by atoms with Gasteiger partial charge in [0, 0.05) is 48.6 Å². The van der Waals surface area contributed by atoms with Crippen LogP contribution >= 0.6 is 11.6 Å². The van der Waals surface area contributed by atoms with Crippen molar-refractivity contribution in [2.45, 2.75) is 6.04 Å². The maximum absolute atomic E-state index is 12.3. The van der Waals surface area contributed by atoms with Gasteiger partial charge in [-0.05, 0) is 30.3 Å². The predicted molar refractivity (Wildman–Crippen MR) is 87.5 cm³/mol. The van der Waals surface area contributed by atoms with Gasteiger partial charge in [-0.25, -0.2) is 9.97 Å². The number of aliphatic hydroxyl groups is 1. The molecule has 1 amide bonds. The first kappa shape index (κ1) is 15.7. The Morgan fingerprint density at radius 2 is 1.96 bits per heavy atom. The van der Waals surface area contributed by atoms with Gasteiger partial charge < -0.3 is 15.3 Å². The van der Waals surface area contributed by atoms with Crippen LogP contribution in [0.1, 0.15) is 10.4 Å². The van der Waals surface area contributed by atoms with Crippen molar-refractivity contribution < 1.29 is 9.90 Å². The number of benzene rings is 1. The van der Waals surface area contributed by atoms with Crippen molar-refractivity contribution in [3.05, 3.63) is 53.3 Å². The fraction of sp³-hybridized carbons (Fsp3) is 0.312. The summed E-state index contributed by atoms with van der Waals surface area (Å²) in [4.78, 5) is 22.7. The standard InChI is InChI=1S/C16H17ClN4O2/c17-13-4-2-11(3-5-13)15(23)20-14-9-21(8-12(14)10-22)16-18-6-1-7-19-16/h1-7,12,14,22H,8-10H2,(H,20,23)/t12-,14+/m0/s1. The molecule has 1 aliphatic heterocycles. The van der Waals surface area contributed by atoms with Crippen LogP contribution in [-0.4, -0.2) is 46.7 Å². The van der Waals surface area contributed by atoms with Crippen LogP contribution in [0.4, 0.5) is 5.95 Å². The fourth-order valence-corrected chi connectivity index (χ4v) is 2.82. The summed E-state index contributed by atoms with van der Waals surface area (Å²) < 4.78 is 0. The maximum atomic E-state index is 12.3. The number of aliphatic hydroxyl groups excluding tert-OH is 1. The van der Waals surface area contributed by atoms with Crippen LogP contribution in [0.15, 0.2) is 42.7 Å². The summed E-state index contributed by atoms with van der Waals surface area (Å²) in [6.07, 6.45) is 3.35. The number of carbonyl (C=O) groups is 1. The highest BCUT2D eigenvalue weighted by Crippen LogP contribution is 2.21. The van der Waals surface area contributed by atoms with E-state index in [0.717, 1.165) is 0 Å². The molecule has 0 radical (unpaired) electrons. The first-order valence-corrected chi connectivity index (χ1v) is 7.74. The zero-order valence-electron chi connectivity index (χ0n) is 12.4. The number of amides is 1. The third-order valence-electron chi connectivity index (χ3n) is 3.93. The average molecular weight is 333 g/mol. The number of rotatable bonds is 4. The highest BCUT2D eigenvalue weighted by atomic mass is 35.5. The molecule has 0 aliphatic carbocycles. The molecule has 6 nitrogen and oxygen atoms in total. The molecule has 1 aromatic heterocycles. The molecule has 1 aliphatic rings. The molecule has 3 rings (SSSR count). The molecule has 0 spiro atoms. The molecule has 7 heteroatoms. The van der Waals surface area contributed by atoms with Gasteiger partial charge in [-0.15, -0.1) is 0 Å². The zero-order valence-corrected chi connectivity index (χ0v) is 13.1. The average Bonchev–Trinajstić information content (AvgIpc) is 2.99. The molecule has 2 heterocycles. The highest BCUT2D eigenvalue weighted by Gasteiger charge is 2.34. The van der Waals surface area contributed by atoms with Gasteiger partial charge in [0.2, 0.25) is 5.95 Å². The molecular weight excluding hydrogens is 316 g/mol. The van der Waals surface area contributed by atoms with Gasteiger partial charge in [-0.2, -0.15) is 0 Å². The van der Waals surface area contributed by atoms with Crippen LogP contribution in [0, 0.1) is 5.92 Å². The Labute approximate surface area is 139 Å². The van der Waals surface area contributed by atoms with Gasteiger partial charge >= 0.3 is 0 Å². The number of aromatic nitrogens is 2. The molecule has 0 saturated carbocycles. The monoisotopic (exact) mass is 332 g/mol. The summed E-state index contributed by atoms with van der Waals surface area (Å²) in [6.45, 7) is 1.16. The van der Waals surface area contributed by atoms with E-state index in [4.69, 9.17) is 11.6 Å². The number of nitrogens with zero attached hydrogens (tertiary/aromatic N) is 3. The number of hydrogen-bond donors (Lipinski definition) is 2. The number of nitrogens with one attached hydrogen (secondary N) is 1. The summed E-state index contributed by atoms with van der Waals surface area (Å²) in [5, 5.41) is 13.1. The number of halogens is 1. The Morgan fingerprint density at radius 1 is 1.26 bits per heavy atom. The highest BCUT2D eigenvalue weighted by molar-refractivity contribution is 6.30. The van der Waals surface area contributed by atoms with E-state index >= 15 is 0 Å². The van der Waals surface area contributed by atoms with Crippen molar-refractivity contribution >= 4 is 23.5 Å². The molecule has 2 atom stereocenters. The minimum Gasteiger partial charge on any atom is -0.396 e. The van der Waals surface area contributed by atoms with Crippen LogP contribution in [0.5, 0.6) is 0 Å². The lowest BCUT2D eigenvalue weighted by Crippen LogP contribution is -2.41. The third kappa shape index (κ3) is 3.60. The van der Waals surface area contributed by atoms with Crippen LogP contribution in [0.25, 0.3) is 0 Å². The molecule has 2 N–H and O–H groups in total. The SMILES string of the molecule is O=C(N[C@@H]1CN(c2ncccn2)C[C@H]1CO)c1ccc(Cl)cc1. The van der Waals surface area contributed by atoms with Gasteiger partial charge in [0.05, 0.1) is 6.04 Å². The summed E-state index contributed by atoms with van der Waals surface area (Å²) in [5.74, 6) is 0.366. The molecule has 1 fully saturated rings. The third-order valence-corrected chi connectivity index (χ3v) is 4.19. The largest absolute Gasteiger partial charge is 0.396 e. The van der Waals surface area contributed by atoms with E-state index in [1.165, 1.54) is 0 Å². The molecule has 2 aromatic rings. The molecule has 1 aromatic carbocycles. The molecule has 120 valence electrons. The number of hydrogen-bond acceptors (Lipinski definition) is 5. The van der Waals surface area contributed by atoms with Gasteiger partial charge in [-0.3, -0.25) is 4.79 Å². The second-order valence-electron chi connectivity index (χ2n) is 5.48. The van der Waals surface area contributed by atoms with Gasteiger partial charge in [-0.1, -0.05) is 11.6 Å². The topological polar surface area (TPSA) is 78.4 Å². The van der Waals surface area contributed by atoms with Crippen molar-refractivity contribution in [1.29, 1.82) is 0 Å². The summed E-state index contributed by atoms with van der Waals surface area (Å²) in [7, 11) is 0. The van der Waals surface area contributed by atoms with Crippen molar-refractivity contribution in [2.75, 3.05) is 24.6 Å². The van der Waals surface area contributed by atoms with Crippen molar-refractivity contribution in [1.82, 2.24) is 15.3 Å². The lowest BCUT2D eigenvalue weighted by molar-refractivity contribution is 0.0921. The molecule has 0 bridgehead atoms. The van der Waals surface area contributed by atoms with Gasteiger partial charge in [0.1, 0.15) is 0 Å². The van der Waals surface area contributed by atoms with Crippen molar-refractivity contribution in [3.8, 4) is 0 Å². The van der Waals surface area contributed by atoms with E-state index < -0.39 is 0 Å². The van der Waals surface area contributed by atoms with E-state index in [2.05, 4.69) is 15.3 Å². The van der Waals surface area contributed by atoms with Crippen LogP contribution < -0.4 is 10.2 Å². The van der Waals surface area contributed by atoms with Crippen molar-refractivity contribution in [2.24, 2.45) is 5.92 Å². The number of anilines is 1. The normalized spacial score (nSPS) is 20.5. The Bertz CT molecular complexity index is 666. The van der Waals surface area contributed by atoms with Crippen molar-refractivity contribution in [3.63, 3.8) is 0 Å². The summed E-state index contributed by atoms with van der Waals surface area (Å²) in [5.41, 5.74) is 0.542. The first-order chi connectivity index (χ1) is 11.2. The molecule has 1 saturated heterocycles. The van der Waals surface area contributed by atoms with Gasteiger partial charge in [0.25, 0.3) is 5.91 Å². The molecule has 0 unspecified atom stereocenters. The minimum atomic E-state index is -0.180. The second kappa shape index (κ2) is 6.93. The lowest BCUT2D eigenvalue weighted by Gasteiger charge is -2.18. The maximum Gasteiger partial charge on any atom is 0.251 e. The lowest BCUT2D eigenvalue weighted by atomic mass is 10.0. The van der Waals surface area contributed by atoms with Gasteiger partial charge in [0.15, 0.2) is 0 Å². The van der Waals surface area contributed by atoms with E-state index in [-0.39, 0.29) is 24.5 Å². The second-order valence-corrected chi connectivity index (χ2v) is 5.92. The van der Waals surface area contributed by atoms with Crippen LogP contribution in [0.2, 0.25) is 5.02 Å². The van der Waals surface area contributed by atoms with E-state index in [1.807, 2.05) is 4.90 Å².